The Labute approximate surface area is 96.8 Å². The van der Waals surface area contributed by atoms with E-state index >= 15 is 0 Å². The Kier molecular flexibility index (Phi) is 3.78. The molecule has 0 amide bonds. The van der Waals surface area contributed by atoms with Crippen molar-refractivity contribution in [3.63, 3.8) is 0 Å². The fraction of sp³-hybridized carbons (Fsp3) is 0.222. The van der Waals surface area contributed by atoms with Gasteiger partial charge in [0.05, 0.1) is 0 Å². The molecule has 1 aromatic rings. The first kappa shape index (κ1) is 11.8. The molecule has 0 aliphatic carbocycles. The molecule has 0 saturated carbocycles. The van der Waals surface area contributed by atoms with E-state index in [1.807, 2.05) is 0 Å². The molecule has 1 rings (SSSR count). The standard InChI is InChI=1S/C9H6Br2F2O/c10-4-6-1-2-7(8(11)3-6)9(12,13)5-14/h1-3,5H,4H2. The fourth-order valence-corrected chi connectivity index (χ4v) is 2.01. The molecule has 0 fully saturated rings. The van der Waals surface area contributed by atoms with Gasteiger partial charge in [0.1, 0.15) is 0 Å². The van der Waals surface area contributed by atoms with Crippen molar-refractivity contribution in [3.8, 4) is 0 Å². The number of rotatable bonds is 3. The lowest BCUT2D eigenvalue weighted by molar-refractivity contribution is -0.130. The van der Waals surface area contributed by atoms with E-state index in [4.69, 9.17) is 0 Å². The highest BCUT2D eigenvalue weighted by molar-refractivity contribution is 9.10. The van der Waals surface area contributed by atoms with Gasteiger partial charge in [0, 0.05) is 15.4 Å². The summed E-state index contributed by atoms with van der Waals surface area (Å²) in [5.74, 6) is -3.43. The molecule has 1 aromatic carbocycles. The Bertz CT molecular complexity index is 353. The Hall–Kier alpha value is -0.290. The lowest BCUT2D eigenvalue weighted by Crippen LogP contribution is -2.15. The van der Waals surface area contributed by atoms with Crippen molar-refractivity contribution in [2.45, 2.75) is 11.3 Å². The van der Waals surface area contributed by atoms with Gasteiger partial charge in [-0.2, -0.15) is 8.78 Å². The van der Waals surface area contributed by atoms with Gasteiger partial charge in [-0.05, 0) is 11.6 Å². The minimum atomic E-state index is -3.43. The molecule has 5 heteroatoms. The molecule has 0 aliphatic rings. The number of hydrogen-bond donors (Lipinski definition) is 0. The average molecular weight is 328 g/mol. The molecule has 0 saturated heterocycles. The summed E-state index contributed by atoms with van der Waals surface area (Å²) in [6.07, 6.45) is -0.360. The average Bonchev–Trinajstić information content (AvgIpc) is 2.17. The molecule has 0 spiro atoms. The first-order valence-corrected chi connectivity index (χ1v) is 5.61. The zero-order chi connectivity index (χ0) is 10.8. The maximum absolute atomic E-state index is 13.0. The highest BCUT2D eigenvalue weighted by Crippen LogP contribution is 2.32. The van der Waals surface area contributed by atoms with Crippen LogP contribution in [0.4, 0.5) is 8.78 Å². The molecule has 0 heterocycles. The lowest BCUT2D eigenvalue weighted by atomic mass is 10.1. The first-order valence-electron chi connectivity index (χ1n) is 3.70. The van der Waals surface area contributed by atoms with Crippen LogP contribution in [0.1, 0.15) is 11.1 Å². The molecule has 0 unspecified atom stereocenters. The molecular weight excluding hydrogens is 322 g/mol. The molecule has 0 N–H and O–H groups in total. The van der Waals surface area contributed by atoms with Gasteiger partial charge in [-0.15, -0.1) is 0 Å². The van der Waals surface area contributed by atoms with Crippen molar-refractivity contribution in [1.82, 2.24) is 0 Å². The van der Waals surface area contributed by atoms with Gasteiger partial charge in [0.2, 0.25) is 0 Å². The Morgan fingerprint density at radius 3 is 2.50 bits per heavy atom. The van der Waals surface area contributed by atoms with Crippen LogP contribution in [0, 0.1) is 0 Å². The summed E-state index contributed by atoms with van der Waals surface area (Å²) in [6, 6.07) is 4.35. The van der Waals surface area contributed by atoms with Crippen molar-refractivity contribution in [2.75, 3.05) is 0 Å². The third-order valence-corrected chi connectivity index (χ3v) is 3.00. The van der Waals surface area contributed by atoms with Gasteiger partial charge in [0.15, 0.2) is 6.29 Å². The Morgan fingerprint density at radius 1 is 1.43 bits per heavy atom. The summed E-state index contributed by atoms with van der Waals surface area (Å²) < 4.78 is 26.2. The summed E-state index contributed by atoms with van der Waals surface area (Å²) in [7, 11) is 0. The Balaban J connectivity index is 3.18. The number of benzene rings is 1. The smallest absolute Gasteiger partial charge is 0.296 e. The maximum atomic E-state index is 13.0. The highest BCUT2D eigenvalue weighted by Gasteiger charge is 2.32. The minimum Gasteiger partial charge on any atom is -0.296 e. The SMILES string of the molecule is O=CC(F)(F)c1ccc(CBr)cc1Br. The zero-order valence-corrected chi connectivity index (χ0v) is 10.1. The predicted octanol–water partition coefficient (Wildman–Crippen LogP) is 3.63. The van der Waals surface area contributed by atoms with Crippen LogP contribution in [0.15, 0.2) is 22.7 Å². The van der Waals surface area contributed by atoms with Crippen LogP contribution < -0.4 is 0 Å². The predicted molar refractivity (Wildman–Crippen MR) is 56.7 cm³/mol. The highest BCUT2D eigenvalue weighted by atomic mass is 79.9. The van der Waals surface area contributed by atoms with Gasteiger partial charge < -0.3 is 0 Å². The van der Waals surface area contributed by atoms with Crippen LogP contribution in [0.5, 0.6) is 0 Å². The van der Waals surface area contributed by atoms with Gasteiger partial charge in [0.25, 0.3) is 0 Å². The van der Waals surface area contributed by atoms with Crippen LogP contribution in [0.2, 0.25) is 0 Å². The van der Waals surface area contributed by atoms with E-state index in [0.29, 0.717) is 5.33 Å². The van der Waals surface area contributed by atoms with Crippen LogP contribution in [0.3, 0.4) is 0 Å². The van der Waals surface area contributed by atoms with E-state index in [2.05, 4.69) is 31.9 Å². The van der Waals surface area contributed by atoms with Gasteiger partial charge >= 0.3 is 5.92 Å². The molecule has 76 valence electrons. The minimum absolute atomic E-state index is 0.242. The molecule has 14 heavy (non-hydrogen) atoms. The summed E-state index contributed by atoms with van der Waals surface area (Å²) in [6.45, 7) is 0. The van der Waals surface area contributed by atoms with E-state index in [0.717, 1.165) is 5.56 Å². The van der Waals surface area contributed by atoms with Crippen LogP contribution >= 0.6 is 31.9 Å². The maximum Gasteiger partial charge on any atom is 0.328 e. The van der Waals surface area contributed by atoms with Crippen molar-refractivity contribution in [1.29, 1.82) is 0 Å². The van der Waals surface area contributed by atoms with E-state index in [1.54, 1.807) is 12.1 Å². The number of halogens is 4. The molecule has 0 aromatic heterocycles. The topological polar surface area (TPSA) is 17.1 Å². The summed E-state index contributed by atoms with van der Waals surface area (Å²) >= 11 is 6.21. The largest absolute Gasteiger partial charge is 0.328 e. The third-order valence-electron chi connectivity index (χ3n) is 1.69. The quantitative estimate of drug-likeness (QED) is 0.612. The van der Waals surface area contributed by atoms with E-state index in [-0.39, 0.29) is 16.3 Å². The van der Waals surface area contributed by atoms with E-state index in [1.165, 1.54) is 6.07 Å². The summed E-state index contributed by atoms with van der Waals surface area (Å²) in [4.78, 5) is 10.2. The first-order chi connectivity index (χ1) is 6.51. The lowest BCUT2D eigenvalue weighted by Gasteiger charge is -2.11. The van der Waals surface area contributed by atoms with E-state index in [9.17, 15) is 13.6 Å². The van der Waals surface area contributed by atoms with Crippen molar-refractivity contribution < 1.29 is 13.6 Å². The molecule has 0 radical (unpaired) electrons. The number of carbonyl (C=O) groups is 1. The second-order valence-electron chi connectivity index (χ2n) is 2.69. The second kappa shape index (κ2) is 4.49. The third kappa shape index (κ3) is 2.39. The van der Waals surface area contributed by atoms with Crippen LogP contribution in [-0.2, 0) is 16.0 Å². The van der Waals surface area contributed by atoms with Gasteiger partial charge in [-0.3, -0.25) is 4.79 Å². The van der Waals surface area contributed by atoms with Crippen LogP contribution in [0.25, 0.3) is 0 Å². The molecule has 1 nitrogen and oxygen atoms in total. The van der Waals surface area contributed by atoms with Gasteiger partial charge in [-0.1, -0.05) is 44.0 Å². The molecule has 0 bridgehead atoms. The fourth-order valence-electron chi connectivity index (χ4n) is 0.976. The number of aldehydes is 1. The van der Waals surface area contributed by atoms with E-state index < -0.39 is 5.92 Å². The van der Waals surface area contributed by atoms with Crippen molar-refractivity contribution in [3.05, 3.63) is 33.8 Å². The second-order valence-corrected chi connectivity index (χ2v) is 4.10. The number of alkyl halides is 3. The zero-order valence-electron chi connectivity index (χ0n) is 6.94. The van der Waals surface area contributed by atoms with Crippen molar-refractivity contribution in [2.24, 2.45) is 0 Å². The van der Waals surface area contributed by atoms with Crippen molar-refractivity contribution >= 4 is 38.1 Å². The monoisotopic (exact) mass is 326 g/mol. The normalized spacial score (nSPS) is 11.4. The van der Waals surface area contributed by atoms with Gasteiger partial charge in [-0.25, -0.2) is 0 Å². The summed E-state index contributed by atoms with van der Waals surface area (Å²) in [5, 5.41) is 0.582. The number of carbonyl (C=O) groups excluding carboxylic acids is 1. The Morgan fingerprint density at radius 2 is 2.07 bits per heavy atom. The molecule has 0 atom stereocenters. The molecule has 0 aliphatic heterocycles. The summed E-state index contributed by atoms with van der Waals surface area (Å²) in [5.41, 5.74) is 0.555. The molecular formula is C9H6Br2F2O. The van der Waals surface area contributed by atoms with Crippen LogP contribution in [-0.4, -0.2) is 6.29 Å². The number of hydrogen-bond acceptors (Lipinski definition) is 1.